The van der Waals surface area contributed by atoms with Crippen LogP contribution in [0.15, 0.2) is 36.5 Å². The number of aromatic carboxylic acids is 1. The van der Waals surface area contributed by atoms with Gasteiger partial charge in [-0.3, -0.25) is 0 Å². The molecule has 4 nitrogen and oxygen atoms in total. The Bertz CT molecular complexity index is 647. The Morgan fingerprint density at radius 1 is 1.43 bits per heavy atom. The van der Waals surface area contributed by atoms with E-state index in [-0.39, 0.29) is 22.4 Å². The summed E-state index contributed by atoms with van der Waals surface area (Å²) in [5.41, 5.74) is 0.979. The summed E-state index contributed by atoms with van der Waals surface area (Å²) >= 11 is 5.77. The quantitative estimate of drug-likeness (QED) is 0.885. The average Bonchev–Trinajstić information content (AvgIpc) is 2.43. The molecule has 2 aromatic rings. The summed E-state index contributed by atoms with van der Waals surface area (Å²) in [6.45, 7) is 1.93. The Morgan fingerprint density at radius 3 is 2.71 bits per heavy atom. The van der Waals surface area contributed by atoms with Crippen LogP contribution < -0.4 is 5.32 Å². The van der Waals surface area contributed by atoms with Crippen molar-refractivity contribution in [3.8, 4) is 0 Å². The van der Waals surface area contributed by atoms with Crippen LogP contribution in [0.4, 0.5) is 10.2 Å². The van der Waals surface area contributed by atoms with Crippen molar-refractivity contribution in [1.29, 1.82) is 0 Å². The van der Waals surface area contributed by atoms with E-state index in [0.717, 1.165) is 5.56 Å². The van der Waals surface area contributed by atoms with Crippen LogP contribution in [0.2, 0.25) is 5.02 Å². The van der Waals surface area contributed by atoms with Gasteiger partial charge in [0.25, 0.3) is 0 Å². The van der Waals surface area contributed by atoms with Gasteiger partial charge in [0.15, 0.2) is 0 Å². The monoisotopic (exact) mass is 308 g/mol. The normalized spacial score (nSPS) is 12.0. The van der Waals surface area contributed by atoms with Crippen LogP contribution in [0.25, 0.3) is 0 Å². The highest BCUT2D eigenvalue weighted by molar-refractivity contribution is 6.33. The highest BCUT2D eigenvalue weighted by atomic mass is 35.5. The third-order valence-electron chi connectivity index (χ3n) is 2.94. The van der Waals surface area contributed by atoms with Gasteiger partial charge in [0.05, 0.1) is 10.6 Å². The summed E-state index contributed by atoms with van der Waals surface area (Å²) in [4.78, 5) is 15.1. The van der Waals surface area contributed by atoms with Crippen LogP contribution in [0, 0.1) is 5.82 Å². The Kier molecular flexibility index (Phi) is 4.75. The van der Waals surface area contributed by atoms with Gasteiger partial charge in [0, 0.05) is 12.2 Å². The van der Waals surface area contributed by atoms with E-state index in [1.165, 1.54) is 24.4 Å². The average molecular weight is 309 g/mol. The Labute approximate surface area is 126 Å². The summed E-state index contributed by atoms with van der Waals surface area (Å²) in [5.74, 6) is -0.937. The lowest BCUT2D eigenvalue weighted by Crippen LogP contribution is -2.19. The van der Waals surface area contributed by atoms with E-state index in [1.54, 1.807) is 12.1 Å². The summed E-state index contributed by atoms with van der Waals surface area (Å²) in [6, 6.07) is 7.64. The third kappa shape index (κ3) is 4.16. The van der Waals surface area contributed by atoms with E-state index in [4.69, 9.17) is 16.7 Å². The second-order valence-electron chi connectivity index (χ2n) is 4.73. The van der Waals surface area contributed by atoms with Gasteiger partial charge >= 0.3 is 5.97 Å². The van der Waals surface area contributed by atoms with Gasteiger partial charge in [-0.2, -0.15) is 0 Å². The van der Waals surface area contributed by atoms with Crippen molar-refractivity contribution in [1.82, 2.24) is 4.98 Å². The maximum absolute atomic E-state index is 12.8. The minimum atomic E-state index is -1.10. The van der Waals surface area contributed by atoms with E-state index >= 15 is 0 Å². The van der Waals surface area contributed by atoms with Crippen molar-refractivity contribution in [3.05, 3.63) is 58.5 Å². The van der Waals surface area contributed by atoms with E-state index in [9.17, 15) is 9.18 Å². The second kappa shape index (κ2) is 6.54. The molecule has 1 aromatic heterocycles. The molecule has 1 aromatic carbocycles. The molecule has 0 bridgehead atoms. The Balaban J connectivity index is 2.05. The van der Waals surface area contributed by atoms with E-state index in [1.807, 2.05) is 6.92 Å². The summed E-state index contributed by atoms with van der Waals surface area (Å²) < 4.78 is 12.8. The van der Waals surface area contributed by atoms with Crippen LogP contribution in [0.1, 0.15) is 22.8 Å². The highest BCUT2D eigenvalue weighted by Crippen LogP contribution is 2.19. The Hall–Kier alpha value is -2.14. The SMILES string of the molecule is CC(Cc1ccc(F)cc1)Nc1cc(C(=O)O)c(Cl)cn1. The molecule has 0 saturated heterocycles. The first-order chi connectivity index (χ1) is 9.95. The molecule has 0 amide bonds. The number of benzene rings is 1. The molecule has 0 saturated carbocycles. The largest absolute Gasteiger partial charge is 0.478 e. The number of carbonyl (C=O) groups is 1. The minimum Gasteiger partial charge on any atom is -0.478 e. The van der Waals surface area contributed by atoms with E-state index in [0.29, 0.717) is 12.2 Å². The summed E-state index contributed by atoms with van der Waals surface area (Å²) in [7, 11) is 0. The van der Waals surface area contributed by atoms with Gasteiger partial charge < -0.3 is 10.4 Å². The van der Waals surface area contributed by atoms with Crippen molar-refractivity contribution >= 4 is 23.4 Å². The maximum atomic E-state index is 12.8. The fourth-order valence-corrected chi connectivity index (χ4v) is 2.14. The molecule has 21 heavy (non-hydrogen) atoms. The predicted molar refractivity (Wildman–Crippen MR) is 79.4 cm³/mol. The lowest BCUT2D eigenvalue weighted by Gasteiger charge is -2.15. The summed E-state index contributed by atoms with van der Waals surface area (Å²) in [6.07, 6.45) is 1.96. The van der Waals surface area contributed by atoms with Crippen LogP contribution in [-0.4, -0.2) is 22.1 Å². The van der Waals surface area contributed by atoms with Crippen molar-refractivity contribution in [3.63, 3.8) is 0 Å². The smallest absolute Gasteiger partial charge is 0.337 e. The van der Waals surface area contributed by atoms with Gasteiger partial charge in [-0.15, -0.1) is 0 Å². The van der Waals surface area contributed by atoms with Crippen molar-refractivity contribution in [2.75, 3.05) is 5.32 Å². The zero-order chi connectivity index (χ0) is 15.4. The van der Waals surface area contributed by atoms with Crippen LogP contribution >= 0.6 is 11.6 Å². The molecule has 1 unspecified atom stereocenters. The number of halogens is 2. The lowest BCUT2D eigenvalue weighted by molar-refractivity contribution is 0.0697. The van der Waals surface area contributed by atoms with Crippen molar-refractivity contribution in [2.24, 2.45) is 0 Å². The van der Waals surface area contributed by atoms with Crippen molar-refractivity contribution < 1.29 is 14.3 Å². The molecule has 1 heterocycles. The minimum absolute atomic E-state index is 0.00292. The Morgan fingerprint density at radius 2 is 2.10 bits per heavy atom. The van der Waals surface area contributed by atoms with Crippen LogP contribution in [0.3, 0.4) is 0 Å². The number of nitrogens with zero attached hydrogens (tertiary/aromatic N) is 1. The summed E-state index contributed by atoms with van der Waals surface area (Å²) in [5, 5.41) is 12.2. The molecule has 2 N–H and O–H groups in total. The molecule has 1 atom stereocenters. The number of carboxylic acid groups (broad SMARTS) is 1. The number of aromatic nitrogens is 1. The molecule has 0 aliphatic heterocycles. The molecular weight excluding hydrogens is 295 g/mol. The van der Waals surface area contributed by atoms with Crippen LogP contribution in [-0.2, 0) is 6.42 Å². The molecule has 0 aliphatic rings. The maximum Gasteiger partial charge on any atom is 0.337 e. The number of carboxylic acids is 1. The number of nitrogens with one attached hydrogen (secondary N) is 1. The first kappa shape index (κ1) is 15.3. The number of anilines is 1. The first-order valence-corrected chi connectivity index (χ1v) is 6.73. The lowest BCUT2D eigenvalue weighted by atomic mass is 10.1. The molecule has 2 rings (SSSR count). The first-order valence-electron chi connectivity index (χ1n) is 6.35. The van der Waals surface area contributed by atoms with Gasteiger partial charge in [-0.1, -0.05) is 23.7 Å². The fourth-order valence-electron chi connectivity index (χ4n) is 1.96. The molecule has 6 heteroatoms. The van der Waals surface area contributed by atoms with Gasteiger partial charge in [0.2, 0.25) is 0 Å². The highest BCUT2D eigenvalue weighted by Gasteiger charge is 2.12. The predicted octanol–water partition coefficient (Wildman–Crippen LogP) is 3.62. The zero-order valence-corrected chi connectivity index (χ0v) is 12.1. The van der Waals surface area contributed by atoms with Gasteiger partial charge in [-0.25, -0.2) is 14.2 Å². The van der Waals surface area contributed by atoms with Crippen molar-refractivity contribution in [2.45, 2.75) is 19.4 Å². The molecule has 110 valence electrons. The van der Waals surface area contributed by atoms with Crippen LogP contribution in [0.5, 0.6) is 0 Å². The number of hydrogen-bond acceptors (Lipinski definition) is 3. The third-order valence-corrected chi connectivity index (χ3v) is 3.24. The van der Waals surface area contributed by atoms with Gasteiger partial charge in [0.1, 0.15) is 11.6 Å². The topological polar surface area (TPSA) is 62.2 Å². The standard InChI is InChI=1S/C15H14ClFN2O2/c1-9(6-10-2-4-11(17)5-3-10)19-14-7-12(15(20)21)13(16)8-18-14/h2-5,7-9H,6H2,1H3,(H,18,19)(H,20,21). The zero-order valence-electron chi connectivity index (χ0n) is 11.3. The van der Waals surface area contributed by atoms with Gasteiger partial charge in [-0.05, 0) is 37.1 Å². The van der Waals surface area contributed by atoms with E-state index in [2.05, 4.69) is 10.3 Å². The number of hydrogen-bond donors (Lipinski definition) is 2. The fraction of sp³-hybridized carbons (Fsp3) is 0.200. The number of rotatable bonds is 5. The second-order valence-corrected chi connectivity index (χ2v) is 5.14. The van der Waals surface area contributed by atoms with E-state index < -0.39 is 5.97 Å². The number of pyridine rings is 1. The molecule has 0 fully saturated rings. The molecule has 0 radical (unpaired) electrons. The molecular formula is C15H14ClFN2O2. The molecule has 0 aliphatic carbocycles. The molecule has 0 spiro atoms.